The van der Waals surface area contributed by atoms with Gasteiger partial charge in [0.05, 0.1) is 11.1 Å². The van der Waals surface area contributed by atoms with Gasteiger partial charge < -0.3 is 19.7 Å². The quantitative estimate of drug-likeness (QED) is 0.658. The molecule has 0 spiro atoms. The summed E-state index contributed by atoms with van der Waals surface area (Å²) in [7, 11) is 0. The van der Waals surface area contributed by atoms with E-state index in [2.05, 4.69) is 42.8 Å². The van der Waals surface area contributed by atoms with Gasteiger partial charge in [0.25, 0.3) is 0 Å². The number of hydrogen-bond donors (Lipinski definition) is 2. The number of piperidine rings is 1. The number of aryl methyl sites for hydroxylation is 2. The Morgan fingerprint density at radius 3 is 2.66 bits per heavy atom. The smallest absolute Gasteiger partial charge is 0.335 e. The molecule has 1 saturated heterocycles. The number of nitrogens with zero attached hydrogens (tertiary/aromatic N) is 1. The van der Waals surface area contributed by atoms with Crippen LogP contribution in [0.1, 0.15) is 46.3 Å². The Balaban J connectivity index is 1.68. The Morgan fingerprint density at radius 1 is 1.21 bits per heavy atom. The third-order valence-electron chi connectivity index (χ3n) is 6.11. The van der Waals surface area contributed by atoms with Crippen LogP contribution in [0.3, 0.4) is 0 Å². The zero-order valence-electron chi connectivity index (χ0n) is 17.2. The van der Waals surface area contributed by atoms with Crippen LogP contribution in [-0.4, -0.2) is 46.7 Å². The second kappa shape index (κ2) is 7.91. The van der Waals surface area contributed by atoms with Crippen LogP contribution in [-0.2, 0) is 0 Å². The molecule has 1 aliphatic heterocycles. The molecule has 3 aromatic rings. The number of carboxylic acids is 1. The van der Waals surface area contributed by atoms with E-state index in [0.29, 0.717) is 5.56 Å². The number of carbonyl (C=O) groups is 1. The molecule has 5 nitrogen and oxygen atoms in total. The summed E-state index contributed by atoms with van der Waals surface area (Å²) in [5.74, 6) is 0.253. The first-order chi connectivity index (χ1) is 14.0. The van der Waals surface area contributed by atoms with E-state index in [1.165, 1.54) is 5.56 Å². The number of fused-ring (bicyclic) bond motifs is 1. The van der Waals surface area contributed by atoms with E-state index in [9.17, 15) is 9.90 Å². The highest BCUT2D eigenvalue weighted by molar-refractivity contribution is 5.90. The number of aromatic carboxylic acids is 1. The monoisotopic (exact) mass is 392 g/mol. The zero-order valence-corrected chi connectivity index (χ0v) is 17.2. The Labute approximate surface area is 171 Å². The van der Waals surface area contributed by atoms with Gasteiger partial charge in [0.2, 0.25) is 0 Å². The number of carboxylic acid groups (broad SMARTS) is 1. The minimum absolute atomic E-state index is 0.0491. The van der Waals surface area contributed by atoms with Gasteiger partial charge in [-0.15, -0.1) is 0 Å². The van der Waals surface area contributed by atoms with Crippen LogP contribution < -0.4 is 4.74 Å². The van der Waals surface area contributed by atoms with Gasteiger partial charge in [-0.25, -0.2) is 4.79 Å². The van der Waals surface area contributed by atoms with E-state index in [1.54, 1.807) is 12.1 Å². The maximum Gasteiger partial charge on any atom is 0.335 e. The van der Waals surface area contributed by atoms with Gasteiger partial charge in [-0.1, -0.05) is 25.1 Å². The molecule has 5 heteroatoms. The lowest BCUT2D eigenvalue weighted by atomic mass is 9.87. The minimum atomic E-state index is -0.895. The van der Waals surface area contributed by atoms with Gasteiger partial charge in [-0.2, -0.15) is 0 Å². The standard InChI is InChI=1S/C24H28N2O3/c1-4-26-12-10-21(20(14-26)17-5-7-18(8-6-17)24(27)28)29-23-16(3)13-15(2)22-19(23)9-11-25-22/h5-9,11,13,20-21,25H,4,10,12,14H2,1-3H3,(H,27,28)/t20-,21+/m0/s1. The summed E-state index contributed by atoms with van der Waals surface area (Å²) in [6.45, 7) is 9.32. The van der Waals surface area contributed by atoms with Crippen molar-refractivity contribution in [2.75, 3.05) is 19.6 Å². The van der Waals surface area contributed by atoms with Crippen LogP contribution in [0.25, 0.3) is 10.9 Å². The molecule has 152 valence electrons. The number of ether oxygens (including phenoxy) is 1. The molecule has 0 saturated carbocycles. The molecule has 1 fully saturated rings. The predicted octanol–water partition coefficient (Wildman–Crippen LogP) is 4.74. The average Bonchev–Trinajstić information content (AvgIpc) is 3.21. The van der Waals surface area contributed by atoms with E-state index in [0.717, 1.165) is 53.8 Å². The minimum Gasteiger partial charge on any atom is -0.489 e. The Morgan fingerprint density at radius 2 is 1.97 bits per heavy atom. The van der Waals surface area contributed by atoms with E-state index < -0.39 is 5.97 Å². The largest absolute Gasteiger partial charge is 0.489 e. The summed E-state index contributed by atoms with van der Waals surface area (Å²) in [5.41, 5.74) is 4.94. The van der Waals surface area contributed by atoms with Crippen molar-refractivity contribution in [3.8, 4) is 5.75 Å². The first-order valence-corrected chi connectivity index (χ1v) is 10.3. The van der Waals surface area contributed by atoms with Gasteiger partial charge in [-0.05, 0) is 61.7 Å². The van der Waals surface area contributed by atoms with Crippen molar-refractivity contribution >= 4 is 16.9 Å². The van der Waals surface area contributed by atoms with Crippen molar-refractivity contribution in [3.63, 3.8) is 0 Å². The van der Waals surface area contributed by atoms with E-state index >= 15 is 0 Å². The number of hydrogen-bond acceptors (Lipinski definition) is 3. The number of aromatic nitrogens is 1. The van der Waals surface area contributed by atoms with Crippen molar-refractivity contribution < 1.29 is 14.6 Å². The number of likely N-dealkylation sites (tertiary alicyclic amines) is 1. The highest BCUT2D eigenvalue weighted by atomic mass is 16.5. The molecule has 0 amide bonds. The molecule has 0 unspecified atom stereocenters. The molecule has 2 heterocycles. The molecule has 29 heavy (non-hydrogen) atoms. The lowest BCUT2D eigenvalue weighted by Crippen LogP contribution is -2.44. The molecule has 4 rings (SSSR count). The lowest BCUT2D eigenvalue weighted by molar-refractivity contribution is 0.0696. The molecule has 1 aliphatic rings. The van der Waals surface area contributed by atoms with Crippen molar-refractivity contribution in [1.29, 1.82) is 0 Å². The molecule has 2 N–H and O–H groups in total. The average molecular weight is 392 g/mol. The third-order valence-corrected chi connectivity index (χ3v) is 6.11. The predicted molar refractivity (Wildman–Crippen MR) is 115 cm³/mol. The van der Waals surface area contributed by atoms with Crippen LogP contribution in [0, 0.1) is 13.8 Å². The number of benzene rings is 2. The lowest BCUT2D eigenvalue weighted by Gasteiger charge is -2.38. The molecule has 1 aromatic heterocycles. The molecule has 2 aromatic carbocycles. The van der Waals surface area contributed by atoms with Gasteiger partial charge in [-0.3, -0.25) is 0 Å². The number of aromatic amines is 1. The summed E-state index contributed by atoms with van der Waals surface area (Å²) in [6, 6.07) is 11.5. The molecular formula is C24H28N2O3. The molecular weight excluding hydrogens is 364 g/mol. The van der Waals surface area contributed by atoms with Crippen molar-refractivity contribution in [2.24, 2.45) is 0 Å². The van der Waals surface area contributed by atoms with Crippen LogP contribution in [0.15, 0.2) is 42.6 Å². The summed E-state index contributed by atoms with van der Waals surface area (Å²) >= 11 is 0. The van der Waals surface area contributed by atoms with Gasteiger partial charge >= 0.3 is 5.97 Å². The summed E-state index contributed by atoms with van der Waals surface area (Å²) < 4.78 is 6.69. The Bertz CT molecular complexity index is 1020. The van der Waals surface area contributed by atoms with Crippen molar-refractivity contribution in [1.82, 2.24) is 9.88 Å². The number of H-pyrrole nitrogens is 1. The second-order valence-corrected chi connectivity index (χ2v) is 7.98. The molecule has 0 bridgehead atoms. The first kappa shape index (κ1) is 19.5. The summed E-state index contributed by atoms with van der Waals surface area (Å²) in [4.78, 5) is 17.0. The topological polar surface area (TPSA) is 65.6 Å². The van der Waals surface area contributed by atoms with Gasteiger partial charge in [0.15, 0.2) is 0 Å². The van der Waals surface area contributed by atoms with Crippen LogP contribution in [0.4, 0.5) is 0 Å². The molecule has 2 atom stereocenters. The van der Waals surface area contributed by atoms with Crippen LogP contribution in [0.5, 0.6) is 5.75 Å². The fourth-order valence-electron chi connectivity index (χ4n) is 4.49. The number of nitrogens with one attached hydrogen (secondary N) is 1. The fourth-order valence-corrected chi connectivity index (χ4v) is 4.49. The van der Waals surface area contributed by atoms with Gasteiger partial charge in [0, 0.05) is 30.6 Å². The Kier molecular flexibility index (Phi) is 5.33. The molecule has 0 aliphatic carbocycles. The maximum absolute atomic E-state index is 11.2. The van der Waals surface area contributed by atoms with Crippen molar-refractivity contribution in [3.05, 3.63) is 64.8 Å². The van der Waals surface area contributed by atoms with Crippen LogP contribution >= 0.6 is 0 Å². The summed E-state index contributed by atoms with van der Waals surface area (Å²) in [5, 5.41) is 10.3. The van der Waals surface area contributed by atoms with Gasteiger partial charge in [0.1, 0.15) is 11.9 Å². The zero-order chi connectivity index (χ0) is 20.5. The van der Waals surface area contributed by atoms with E-state index in [4.69, 9.17) is 4.74 Å². The fraction of sp³-hybridized carbons (Fsp3) is 0.375. The first-order valence-electron chi connectivity index (χ1n) is 10.3. The maximum atomic E-state index is 11.2. The van der Waals surface area contributed by atoms with E-state index in [-0.39, 0.29) is 12.0 Å². The number of likely N-dealkylation sites (N-methyl/N-ethyl adjacent to an activating group) is 1. The van der Waals surface area contributed by atoms with E-state index in [1.807, 2.05) is 18.3 Å². The SMILES string of the molecule is CCN1CC[C@@H](Oc2c(C)cc(C)c3[nH]ccc23)[C@H](c2ccc(C(=O)O)cc2)C1. The Hall–Kier alpha value is -2.79. The number of rotatable bonds is 5. The third kappa shape index (κ3) is 3.75. The van der Waals surface area contributed by atoms with Crippen LogP contribution in [0.2, 0.25) is 0 Å². The second-order valence-electron chi connectivity index (χ2n) is 7.98. The highest BCUT2D eigenvalue weighted by Crippen LogP contribution is 2.36. The van der Waals surface area contributed by atoms with Crippen molar-refractivity contribution in [2.45, 2.75) is 39.2 Å². The normalized spacial score (nSPS) is 20.1. The molecule has 0 radical (unpaired) electrons. The highest BCUT2D eigenvalue weighted by Gasteiger charge is 2.32. The summed E-state index contributed by atoms with van der Waals surface area (Å²) in [6.07, 6.45) is 2.96.